The van der Waals surface area contributed by atoms with Crippen LogP contribution in [0.15, 0.2) is 183 Å². The number of benzene rings is 6. The summed E-state index contributed by atoms with van der Waals surface area (Å²) in [6, 6.07) is 47.9. The van der Waals surface area contributed by atoms with Gasteiger partial charge < -0.3 is 0 Å². The first-order valence-electron chi connectivity index (χ1n) is 35.9. The summed E-state index contributed by atoms with van der Waals surface area (Å²) in [5.74, 6) is 6.38. The van der Waals surface area contributed by atoms with E-state index in [0.717, 1.165) is 0 Å². The monoisotopic (exact) mass is 1280 g/mol. The van der Waals surface area contributed by atoms with E-state index in [0.29, 0.717) is 71.0 Å². The van der Waals surface area contributed by atoms with Crippen molar-refractivity contribution in [2.45, 2.75) is 237 Å². The average molecular weight is 1280 g/mol. The fourth-order valence-corrected chi connectivity index (χ4v) is 13.2. The minimum atomic E-state index is 0.478. The molecule has 0 N–H and O–H groups in total. The molecule has 6 aromatic carbocycles. The topological polar surface area (TPSA) is 77.3 Å². The maximum Gasteiger partial charge on any atom is 0.0739 e. The summed E-state index contributed by atoms with van der Waals surface area (Å²) in [4.78, 5) is 26.9. The molecule has 0 saturated carbocycles. The van der Waals surface area contributed by atoms with Gasteiger partial charge in [-0.1, -0.05) is 275 Å². The van der Waals surface area contributed by atoms with Crippen LogP contribution in [0.1, 0.15) is 304 Å². The maximum atomic E-state index is 4.63. The van der Waals surface area contributed by atoms with E-state index in [-0.39, 0.29) is 0 Å². The highest BCUT2D eigenvalue weighted by molar-refractivity contribution is 5.92. The van der Waals surface area contributed by atoms with Crippen molar-refractivity contribution in [3.05, 3.63) is 250 Å². The van der Waals surface area contributed by atoms with Crippen LogP contribution in [0.2, 0.25) is 0 Å². The number of aromatic nitrogens is 6. The fraction of sp³-hybridized carbons (Fsp3) is 0.400. The first kappa shape index (κ1) is 75.2. The molecule has 0 aliphatic carbocycles. The lowest BCUT2D eigenvalue weighted by Gasteiger charge is -2.15. The van der Waals surface area contributed by atoms with Gasteiger partial charge in [0.25, 0.3) is 0 Å². The molecule has 6 nitrogen and oxygen atoms in total. The van der Waals surface area contributed by atoms with E-state index in [2.05, 4.69) is 317 Å². The van der Waals surface area contributed by atoms with Crippen LogP contribution in [0.4, 0.5) is 0 Å². The molecule has 0 bridgehead atoms. The summed E-state index contributed by atoms with van der Waals surface area (Å²) < 4.78 is 0. The molecule has 12 aromatic rings. The van der Waals surface area contributed by atoms with Gasteiger partial charge in [0.2, 0.25) is 0 Å². The summed E-state index contributed by atoms with van der Waals surface area (Å²) in [5, 5.41) is 13.3. The van der Waals surface area contributed by atoms with Gasteiger partial charge in [0.05, 0.1) is 22.4 Å². The van der Waals surface area contributed by atoms with E-state index in [1.165, 1.54) is 132 Å². The van der Waals surface area contributed by atoms with E-state index >= 15 is 0 Å². The Morgan fingerprint density at radius 1 is 0.177 bits per heavy atom. The smallest absolute Gasteiger partial charge is 0.0739 e. The average Bonchev–Trinajstić information content (AvgIpc) is 0.866. The zero-order chi connectivity index (χ0) is 70.2. The first-order valence-corrected chi connectivity index (χ1v) is 35.9. The Bertz CT molecular complexity index is 3450. The summed E-state index contributed by atoms with van der Waals surface area (Å²) in [6.07, 6.45) is 15.6. The number of hydrogen-bond acceptors (Lipinski definition) is 6. The lowest BCUT2D eigenvalue weighted by atomic mass is 9.90. The van der Waals surface area contributed by atoms with Gasteiger partial charge in [-0.15, -0.1) is 0 Å². The fourth-order valence-electron chi connectivity index (χ4n) is 13.2. The predicted octanol–water partition coefficient (Wildman–Crippen LogP) is 26.9. The van der Waals surface area contributed by atoms with E-state index < -0.39 is 0 Å². The molecule has 12 rings (SSSR count). The zero-order valence-corrected chi connectivity index (χ0v) is 62.9. The minimum absolute atomic E-state index is 0.478. The molecule has 0 fully saturated rings. The lowest BCUT2D eigenvalue weighted by Crippen LogP contribution is -1.98. The summed E-state index contributed by atoms with van der Waals surface area (Å²) in [5.41, 5.74) is 18.6. The van der Waals surface area contributed by atoms with Crippen LogP contribution < -0.4 is 0 Å². The second kappa shape index (κ2) is 34.6. The Labute approximate surface area is 578 Å². The number of fused-ring (bicyclic) bond motifs is 6. The highest BCUT2D eigenvalue weighted by Crippen LogP contribution is 2.36. The lowest BCUT2D eigenvalue weighted by molar-refractivity contribution is 0.818. The molecule has 0 aliphatic rings. The van der Waals surface area contributed by atoms with Gasteiger partial charge in [0, 0.05) is 81.9 Å². The van der Waals surface area contributed by atoms with Crippen LogP contribution in [0, 0.1) is 0 Å². The van der Waals surface area contributed by atoms with E-state index in [1.807, 2.05) is 61.7 Å². The van der Waals surface area contributed by atoms with Crippen LogP contribution in [-0.4, -0.2) is 29.9 Å². The number of rotatable bonds is 12. The Balaban J connectivity index is 0.000000163. The van der Waals surface area contributed by atoms with Crippen molar-refractivity contribution in [1.82, 2.24) is 29.9 Å². The highest BCUT2D eigenvalue weighted by Gasteiger charge is 2.17. The van der Waals surface area contributed by atoms with Gasteiger partial charge in [0.1, 0.15) is 0 Å². The summed E-state index contributed by atoms with van der Waals surface area (Å²) in [6.45, 7) is 53.4. The Morgan fingerprint density at radius 2 is 0.417 bits per heavy atom. The molecule has 0 spiro atoms. The summed E-state index contributed by atoms with van der Waals surface area (Å²) in [7, 11) is 0. The molecule has 0 radical (unpaired) electrons. The standard InChI is InChI=1S/6C15H19N/c2*1-10(2)12-5-6-13(11(3)4)15-9-16-8-7-14(12)15;2*1-10(2)12-7-8-13(11(3)4)15-14(12)6-5-9-16-15;2*1-10(2)14-9-16-15(11(3)4)13-8-6-5-7-12(13)14/h6*5-11H,1-4H3. The SMILES string of the molecule is CC(C)c1ccc(C(C)C)c2cnccc12.CC(C)c1ccc(C(C)C)c2cnccc12.CC(C)c1ccc(C(C)C)c2ncccc12.CC(C)c1ccc(C(C)C)c2ncccc12.CC(C)c1cnc(C(C)C)c2ccccc12.CC(C)c1cnc(C(C)C)c2ccccc12. The molecule has 0 saturated heterocycles. The molecule has 6 heteroatoms. The van der Waals surface area contributed by atoms with E-state index in [1.54, 1.807) is 0 Å². The molecular weight excluding hydrogens is 1170 g/mol. The number of hydrogen-bond donors (Lipinski definition) is 0. The third-order valence-electron chi connectivity index (χ3n) is 18.5. The Hall–Kier alpha value is -8.22. The predicted molar refractivity (Wildman–Crippen MR) is 420 cm³/mol. The van der Waals surface area contributed by atoms with Crippen LogP contribution in [0.25, 0.3) is 64.9 Å². The molecule has 0 atom stereocenters. The molecule has 504 valence electrons. The molecule has 0 aliphatic heterocycles. The van der Waals surface area contributed by atoms with Crippen molar-refractivity contribution in [2.24, 2.45) is 0 Å². The van der Waals surface area contributed by atoms with Crippen LogP contribution in [-0.2, 0) is 0 Å². The largest absolute Gasteiger partial charge is 0.264 e. The maximum absolute atomic E-state index is 4.63. The second-order valence-electron chi connectivity index (χ2n) is 29.8. The quantitative estimate of drug-likeness (QED) is 0.121. The molecule has 96 heavy (non-hydrogen) atoms. The van der Waals surface area contributed by atoms with Crippen molar-refractivity contribution >= 4 is 64.9 Å². The van der Waals surface area contributed by atoms with Gasteiger partial charge in [-0.05, 0) is 172 Å². The van der Waals surface area contributed by atoms with Gasteiger partial charge >= 0.3 is 0 Å². The second-order valence-corrected chi connectivity index (χ2v) is 29.8. The van der Waals surface area contributed by atoms with Crippen molar-refractivity contribution in [2.75, 3.05) is 0 Å². The molecular formula is C90H114N6. The third kappa shape index (κ3) is 18.3. The van der Waals surface area contributed by atoms with Gasteiger partial charge in [-0.25, -0.2) is 0 Å². The highest BCUT2D eigenvalue weighted by atomic mass is 14.7. The first-order chi connectivity index (χ1) is 45.7. The Morgan fingerprint density at radius 3 is 0.698 bits per heavy atom. The zero-order valence-electron chi connectivity index (χ0n) is 62.9. The molecule has 6 aromatic heterocycles. The van der Waals surface area contributed by atoms with Crippen LogP contribution in [0.3, 0.4) is 0 Å². The van der Waals surface area contributed by atoms with Crippen molar-refractivity contribution in [1.29, 1.82) is 0 Å². The van der Waals surface area contributed by atoms with Crippen molar-refractivity contribution in [3.63, 3.8) is 0 Å². The number of nitrogens with zero attached hydrogens (tertiary/aromatic N) is 6. The van der Waals surface area contributed by atoms with Crippen molar-refractivity contribution < 1.29 is 0 Å². The number of pyridine rings is 6. The van der Waals surface area contributed by atoms with Gasteiger partial charge in [-0.2, -0.15) is 0 Å². The Kier molecular flexibility index (Phi) is 27.1. The van der Waals surface area contributed by atoms with Crippen LogP contribution in [0.5, 0.6) is 0 Å². The minimum Gasteiger partial charge on any atom is -0.264 e. The molecule has 0 unspecified atom stereocenters. The van der Waals surface area contributed by atoms with Gasteiger partial charge in [-0.3, -0.25) is 29.9 Å². The van der Waals surface area contributed by atoms with E-state index in [9.17, 15) is 0 Å². The third-order valence-corrected chi connectivity index (χ3v) is 18.5. The van der Waals surface area contributed by atoms with E-state index in [4.69, 9.17) is 0 Å². The van der Waals surface area contributed by atoms with Crippen molar-refractivity contribution in [3.8, 4) is 0 Å². The van der Waals surface area contributed by atoms with Crippen LogP contribution >= 0.6 is 0 Å². The van der Waals surface area contributed by atoms with Gasteiger partial charge in [0.15, 0.2) is 0 Å². The summed E-state index contributed by atoms with van der Waals surface area (Å²) >= 11 is 0. The molecule has 0 amide bonds. The normalized spacial score (nSPS) is 11.6. The molecule has 6 heterocycles.